The summed E-state index contributed by atoms with van der Waals surface area (Å²) in [5.41, 5.74) is 0.871. The number of rotatable bonds is 6. The summed E-state index contributed by atoms with van der Waals surface area (Å²) in [6.45, 7) is 7.25. The van der Waals surface area contributed by atoms with Gasteiger partial charge in [-0.15, -0.1) is 0 Å². The molecule has 1 atom stereocenters. The lowest BCUT2D eigenvalue weighted by Gasteiger charge is -2.40. The fourth-order valence-corrected chi connectivity index (χ4v) is 3.19. The highest BCUT2D eigenvalue weighted by Gasteiger charge is 2.37. The van der Waals surface area contributed by atoms with E-state index in [1.54, 1.807) is 15.9 Å². The number of carbonyl (C=O) groups is 2. The number of benzene rings is 1. The summed E-state index contributed by atoms with van der Waals surface area (Å²) in [5, 5.41) is 0.625. The summed E-state index contributed by atoms with van der Waals surface area (Å²) in [6.07, 6.45) is 2.04. The molecule has 1 aromatic rings. The fourth-order valence-electron chi connectivity index (χ4n) is 3.00. The van der Waals surface area contributed by atoms with Gasteiger partial charge < -0.3 is 9.80 Å². The molecule has 0 spiro atoms. The molecule has 0 saturated carbocycles. The molecular formula is C18H25ClN2O2. The van der Waals surface area contributed by atoms with E-state index in [2.05, 4.69) is 13.8 Å². The molecule has 0 unspecified atom stereocenters. The summed E-state index contributed by atoms with van der Waals surface area (Å²) >= 11 is 6.17. The second kappa shape index (κ2) is 7.82. The minimum absolute atomic E-state index is 0.00419. The molecule has 0 bridgehead atoms. The largest absolute Gasteiger partial charge is 0.329 e. The van der Waals surface area contributed by atoms with Crippen molar-refractivity contribution in [1.29, 1.82) is 0 Å². The zero-order valence-corrected chi connectivity index (χ0v) is 14.8. The van der Waals surface area contributed by atoms with Gasteiger partial charge in [0, 0.05) is 18.1 Å². The maximum atomic E-state index is 12.6. The number of halogens is 1. The van der Waals surface area contributed by atoms with Crippen LogP contribution >= 0.6 is 11.6 Å². The fraction of sp³-hybridized carbons (Fsp3) is 0.556. The smallest absolute Gasteiger partial charge is 0.245 e. The summed E-state index contributed by atoms with van der Waals surface area (Å²) in [7, 11) is 0. The number of carbonyl (C=O) groups excluding carboxylic acids is 2. The highest BCUT2D eigenvalue weighted by atomic mass is 35.5. The average Bonchev–Trinajstić information content (AvgIpc) is 2.55. The van der Waals surface area contributed by atoms with Crippen LogP contribution in [-0.2, 0) is 16.1 Å². The van der Waals surface area contributed by atoms with Gasteiger partial charge >= 0.3 is 0 Å². The Kier molecular flexibility index (Phi) is 6.05. The van der Waals surface area contributed by atoms with Gasteiger partial charge in [-0.3, -0.25) is 9.59 Å². The lowest BCUT2D eigenvalue weighted by Crippen LogP contribution is -2.59. The zero-order valence-electron chi connectivity index (χ0n) is 14.1. The van der Waals surface area contributed by atoms with Crippen LogP contribution in [0, 0.1) is 5.92 Å². The second-order valence-corrected chi connectivity index (χ2v) is 6.60. The maximum Gasteiger partial charge on any atom is 0.245 e. The Morgan fingerprint density at radius 3 is 2.48 bits per heavy atom. The van der Waals surface area contributed by atoms with Gasteiger partial charge in [0.1, 0.15) is 12.6 Å². The van der Waals surface area contributed by atoms with Crippen LogP contribution in [0.4, 0.5) is 0 Å². The molecule has 1 saturated heterocycles. The lowest BCUT2D eigenvalue weighted by molar-refractivity contribution is -0.156. The van der Waals surface area contributed by atoms with Gasteiger partial charge in [-0.25, -0.2) is 0 Å². The predicted octanol–water partition coefficient (Wildman–Crippen LogP) is 3.34. The van der Waals surface area contributed by atoms with Crippen molar-refractivity contribution >= 4 is 23.4 Å². The van der Waals surface area contributed by atoms with E-state index in [0.717, 1.165) is 18.4 Å². The van der Waals surface area contributed by atoms with Crippen molar-refractivity contribution < 1.29 is 9.59 Å². The number of hydrogen-bond acceptors (Lipinski definition) is 2. The molecule has 0 aliphatic carbocycles. The minimum Gasteiger partial charge on any atom is -0.329 e. The van der Waals surface area contributed by atoms with E-state index in [1.807, 2.05) is 25.1 Å². The maximum absolute atomic E-state index is 12.6. The van der Waals surface area contributed by atoms with Crippen LogP contribution in [0.15, 0.2) is 24.3 Å². The third-order valence-electron chi connectivity index (χ3n) is 4.71. The topological polar surface area (TPSA) is 40.6 Å². The molecule has 2 rings (SSSR count). The van der Waals surface area contributed by atoms with E-state index in [1.165, 1.54) is 0 Å². The van der Waals surface area contributed by atoms with Gasteiger partial charge in [-0.2, -0.15) is 0 Å². The third kappa shape index (κ3) is 4.05. The first kappa shape index (κ1) is 17.8. The van der Waals surface area contributed by atoms with Crippen LogP contribution in [0.5, 0.6) is 0 Å². The molecule has 1 heterocycles. The highest BCUT2D eigenvalue weighted by molar-refractivity contribution is 6.31. The Bertz CT molecular complexity index is 572. The molecule has 1 aliphatic rings. The molecule has 2 amide bonds. The monoisotopic (exact) mass is 336 g/mol. The average molecular weight is 337 g/mol. The number of hydrogen-bond donors (Lipinski definition) is 0. The Labute approximate surface area is 143 Å². The molecule has 0 radical (unpaired) electrons. The third-order valence-corrected chi connectivity index (χ3v) is 5.08. The first-order chi connectivity index (χ1) is 11.0. The van der Waals surface area contributed by atoms with E-state index in [9.17, 15) is 9.59 Å². The highest BCUT2D eigenvalue weighted by Crippen LogP contribution is 2.22. The van der Waals surface area contributed by atoms with Crippen molar-refractivity contribution in [3.63, 3.8) is 0 Å². The molecule has 126 valence electrons. The van der Waals surface area contributed by atoms with Gasteiger partial charge in [0.25, 0.3) is 0 Å². The van der Waals surface area contributed by atoms with Crippen LogP contribution in [0.1, 0.15) is 39.2 Å². The summed E-state index contributed by atoms with van der Waals surface area (Å²) in [5.74, 6) is 0.468. The minimum atomic E-state index is -0.403. The predicted molar refractivity (Wildman–Crippen MR) is 92.1 cm³/mol. The molecule has 23 heavy (non-hydrogen) atoms. The van der Waals surface area contributed by atoms with E-state index >= 15 is 0 Å². The van der Waals surface area contributed by atoms with E-state index in [0.29, 0.717) is 24.0 Å². The van der Waals surface area contributed by atoms with Crippen LogP contribution in [0.25, 0.3) is 0 Å². The van der Waals surface area contributed by atoms with Gasteiger partial charge in [0.15, 0.2) is 0 Å². The standard InChI is InChI=1S/C18H25ClN2O2/c1-4-14(5-2)10-21-13(3)18(23)20(12-17(21)22)11-15-8-6-7-9-16(15)19/h6-9,13-14H,4-5,10-12H2,1-3H3/t13-/m0/s1. The molecule has 0 N–H and O–H groups in total. The SMILES string of the molecule is CCC(CC)CN1C(=O)CN(Cc2ccccc2Cl)C(=O)[C@@H]1C. The lowest BCUT2D eigenvalue weighted by atomic mass is 10.0. The van der Waals surface area contributed by atoms with E-state index in [-0.39, 0.29) is 18.4 Å². The number of amides is 2. The van der Waals surface area contributed by atoms with Crippen molar-refractivity contribution in [2.45, 2.75) is 46.2 Å². The summed E-state index contributed by atoms with van der Waals surface area (Å²) in [6, 6.07) is 7.03. The summed E-state index contributed by atoms with van der Waals surface area (Å²) in [4.78, 5) is 28.5. The molecule has 0 aromatic heterocycles. The Hall–Kier alpha value is -1.55. The first-order valence-corrected chi connectivity index (χ1v) is 8.67. The van der Waals surface area contributed by atoms with Crippen molar-refractivity contribution in [2.75, 3.05) is 13.1 Å². The van der Waals surface area contributed by atoms with Gasteiger partial charge in [-0.1, -0.05) is 56.5 Å². The van der Waals surface area contributed by atoms with Crippen molar-refractivity contribution in [1.82, 2.24) is 9.80 Å². The number of piperazine rings is 1. The van der Waals surface area contributed by atoms with Crippen LogP contribution < -0.4 is 0 Å². The quantitative estimate of drug-likeness (QED) is 0.799. The Balaban J connectivity index is 2.09. The van der Waals surface area contributed by atoms with Gasteiger partial charge in [0.05, 0.1) is 0 Å². The van der Waals surface area contributed by atoms with Crippen molar-refractivity contribution in [3.8, 4) is 0 Å². The van der Waals surface area contributed by atoms with Gasteiger partial charge in [0.2, 0.25) is 11.8 Å². The van der Waals surface area contributed by atoms with Crippen molar-refractivity contribution in [2.24, 2.45) is 5.92 Å². The molecule has 5 heteroatoms. The zero-order chi connectivity index (χ0) is 17.0. The van der Waals surface area contributed by atoms with Crippen LogP contribution in [0.2, 0.25) is 5.02 Å². The first-order valence-electron chi connectivity index (χ1n) is 8.29. The molecule has 1 aromatic carbocycles. The van der Waals surface area contributed by atoms with Crippen LogP contribution in [0.3, 0.4) is 0 Å². The normalized spacial score (nSPS) is 18.9. The molecule has 1 fully saturated rings. The molecule has 4 nitrogen and oxygen atoms in total. The Morgan fingerprint density at radius 2 is 1.87 bits per heavy atom. The van der Waals surface area contributed by atoms with E-state index in [4.69, 9.17) is 11.6 Å². The second-order valence-electron chi connectivity index (χ2n) is 6.19. The molecular weight excluding hydrogens is 312 g/mol. The molecule has 1 aliphatic heterocycles. The summed E-state index contributed by atoms with van der Waals surface area (Å²) < 4.78 is 0. The van der Waals surface area contributed by atoms with Crippen LogP contribution in [-0.4, -0.2) is 40.7 Å². The Morgan fingerprint density at radius 1 is 1.22 bits per heavy atom. The number of nitrogens with zero attached hydrogens (tertiary/aromatic N) is 2. The van der Waals surface area contributed by atoms with Crippen molar-refractivity contribution in [3.05, 3.63) is 34.9 Å². The van der Waals surface area contributed by atoms with E-state index < -0.39 is 6.04 Å². The van der Waals surface area contributed by atoms with Gasteiger partial charge in [-0.05, 0) is 24.5 Å².